The molecule has 4 aromatic rings. The molecule has 0 spiro atoms. The molecule has 0 aliphatic rings. The lowest BCUT2D eigenvalue weighted by Gasteiger charge is -2.04. The van der Waals surface area contributed by atoms with Gasteiger partial charge in [-0.15, -0.1) is 0 Å². The zero-order valence-electron chi connectivity index (χ0n) is 14.0. The fourth-order valence-electron chi connectivity index (χ4n) is 2.77. The molecule has 0 fully saturated rings. The highest BCUT2D eigenvalue weighted by molar-refractivity contribution is 6.30. The van der Waals surface area contributed by atoms with E-state index in [1.807, 2.05) is 66.7 Å². The van der Waals surface area contributed by atoms with E-state index >= 15 is 0 Å². The lowest BCUT2D eigenvalue weighted by Crippen LogP contribution is -2.05. The van der Waals surface area contributed by atoms with Crippen molar-refractivity contribution in [3.8, 4) is 22.6 Å². The van der Waals surface area contributed by atoms with Crippen LogP contribution in [0.5, 0.6) is 0 Å². The van der Waals surface area contributed by atoms with Crippen LogP contribution in [0.4, 0.5) is 5.69 Å². The number of hydrogen-bond acceptors (Lipinski definition) is 3. The molecule has 1 N–H and O–H groups in total. The van der Waals surface area contributed by atoms with E-state index in [0.717, 1.165) is 33.5 Å². The van der Waals surface area contributed by atoms with Gasteiger partial charge >= 0.3 is 0 Å². The lowest BCUT2D eigenvalue weighted by molar-refractivity contribution is -0.114. The van der Waals surface area contributed by atoms with Crippen molar-refractivity contribution in [3.63, 3.8) is 0 Å². The van der Waals surface area contributed by atoms with Crippen molar-refractivity contribution in [1.29, 1.82) is 0 Å². The van der Waals surface area contributed by atoms with Gasteiger partial charge < -0.3 is 9.73 Å². The van der Waals surface area contributed by atoms with Crippen LogP contribution in [0.25, 0.3) is 33.7 Å². The van der Waals surface area contributed by atoms with Crippen molar-refractivity contribution in [3.05, 3.63) is 71.8 Å². The van der Waals surface area contributed by atoms with Crippen LogP contribution in [-0.4, -0.2) is 10.9 Å². The van der Waals surface area contributed by atoms with Gasteiger partial charge in [-0.25, -0.2) is 4.98 Å². The summed E-state index contributed by atoms with van der Waals surface area (Å²) in [7, 11) is 0. The van der Waals surface area contributed by atoms with Gasteiger partial charge in [-0.1, -0.05) is 29.8 Å². The first-order valence-electron chi connectivity index (χ1n) is 8.13. The molecule has 3 aromatic carbocycles. The van der Waals surface area contributed by atoms with E-state index in [-0.39, 0.29) is 5.91 Å². The summed E-state index contributed by atoms with van der Waals surface area (Å²) in [5.74, 6) is 0.478. The number of rotatable bonds is 3. The first-order chi connectivity index (χ1) is 12.6. The molecule has 0 unspecified atom stereocenters. The Bertz CT molecular complexity index is 1080. The molecule has 26 heavy (non-hydrogen) atoms. The van der Waals surface area contributed by atoms with Gasteiger partial charge in [0.15, 0.2) is 5.58 Å². The van der Waals surface area contributed by atoms with Gasteiger partial charge in [0, 0.05) is 23.2 Å². The largest absolute Gasteiger partial charge is 0.436 e. The monoisotopic (exact) mass is 362 g/mol. The summed E-state index contributed by atoms with van der Waals surface area (Å²) in [5.41, 5.74) is 5.24. The van der Waals surface area contributed by atoms with Gasteiger partial charge in [-0.05, 0) is 59.7 Å². The minimum atomic E-state index is -0.0866. The standard InChI is InChI=1S/C21H15ClN2O2/c1-13(25)23-18-9-4-14(5-10-18)16-6-11-20-19(12-16)24-21(26-20)15-2-7-17(22)8-3-15/h2-12H,1H3,(H,23,25). The Balaban J connectivity index is 1.67. The summed E-state index contributed by atoms with van der Waals surface area (Å²) in [6.07, 6.45) is 0. The van der Waals surface area contributed by atoms with Crippen LogP contribution in [0.3, 0.4) is 0 Å². The molecule has 1 amide bonds. The van der Waals surface area contributed by atoms with Gasteiger partial charge in [0.25, 0.3) is 0 Å². The summed E-state index contributed by atoms with van der Waals surface area (Å²) in [4.78, 5) is 15.7. The Morgan fingerprint density at radius 1 is 0.923 bits per heavy atom. The number of fused-ring (bicyclic) bond motifs is 1. The number of carbonyl (C=O) groups is 1. The third-order valence-corrected chi connectivity index (χ3v) is 4.27. The van der Waals surface area contributed by atoms with E-state index in [1.54, 1.807) is 0 Å². The van der Waals surface area contributed by atoms with Crippen LogP contribution in [0.15, 0.2) is 71.1 Å². The molecule has 128 valence electrons. The number of nitrogens with one attached hydrogen (secondary N) is 1. The highest BCUT2D eigenvalue weighted by Gasteiger charge is 2.09. The van der Waals surface area contributed by atoms with E-state index < -0.39 is 0 Å². The molecule has 0 aliphatic heterocycles. The molecule has 4 rings (SSSR count). The highest BCUT2D eigenvalue weighted by atomic mass is 35.5. The topological polar surface area (TPSA) is 55.1 Å². The Kier molecular flexibility index (Phi) is 4.19. The minimum absolute atomic E-state index is 0.0866. The molecule has 4 nitrogen and oxygen atoms in total. The predicted molar refractivity (Wildman–Crippen MR) is 104 cm³/mol. The average Bonchev–Trinajstić information content (AvgIpc) is 3.05. The van der Waals surface area contributed by atoms with Crippen LogP contribution in [-0.2, 0) is 4.79 Å². The number of anilines is 1. The molecular formula is C21H15ClN2O2. The van der Waals surface area contributed by atoms with Crippen LogP contribution < -0.4 is 5.32 Å². The van der Waals surface area contributed by atoms with Crippen LogP contribution >= 0.6 is 11.6 Å². The van der Waals surface area contributed by atoms with Crippen LogP contribution in [0.2, 0.25) is 5.02 Å². The molecule has 0 saturated carbocycles. The van der Waals surface area contributed by atoms with Crippen molar-refractivity contribution < 1.29 is 9.21 Å². The van der Waals surface area contributed by atoms with Crippen molar-refractivity contribution >= 4 is 34.3 Å². The third-order valence-electron chi connectivity index (χ3n) is 4.02. The summed E-state index contributed by atoms with van der Waals surface area (Å²) >= 11 is 5.93. The highest BCUT2D eigenvalue weighted by Crippen LogP contribution is 2.29. The molecule has 0 saturated heterocycles. The maximum absolute atomic E-state index is 11.1. The van der Waals surface area contributed by atoms with Gasteiger partial charge in [-0.2, -0.15) is 0 Å². The van der Waals surface area contributed by atoms with Crippen molar-refractivity contribution in [1.82, 2.24) is 4.98 Å². The molecule has 0 radical (unpaired) electrons. The fraction of sp³-hybridized carbons (Fsp3) is 0.0476. The molecule has 1 aromatic heterocycles. The zero-order valence-corrected chi connectivity index (χ0v) is 14.7. The Hall–Kier alpha value is -3.11. The maximum Gasteiger partial charge on any atom is 0.227 e. The number of carbonyl (C=O) groups excluding carboxylic acids is 1. The number of aromatic nitrogens is 1. The SMILES string of the molecule is CC(=O)Nc1ccc(-c2ccc3oc(-c4ccc(Cl)cc4)nc3c2)cc1. The average molecular weight is 363 g/mol. The van der Waals surface area contributed by atoms with E-state index in [1.165, 1.54) is 6.92 Å². The van der Waals surface area contributed by atoms with Crippen molar-refractivity contribution in [2.45, 2.75) is 6.92 Å². The summed E-state index contributed by atoms with van der Waals surface area (Å²) < 4.78 is 5.85. The van der Waals surface area contributed by atoms with E-state index in [9.17, 15) is 4.79 Å². The van der Waals surface area contributed by atoms with Gasteiger partial charge in [0.2, 0.25) is 11.8 Å². The number of nitrogens with zero attached hydrogens (tertiary/aromatic N) is 1. The molecule has 1 heterocycles. The Morgan fingerprint density at radius 3 is 2.27 bits per heavy atom. The van der Waals surface area contributed by atoms with Gasteiger partial charge in [-0.3, -0.25) is 4.79 Å². The van der Waals surface area contributed by atoms with Gasteiger partial charge in [0.1, 0.15) is 5.52 Å². The fourth-order valence-corrected chi connectivity index (χ4v) is 2.90. The number of hydrogen-bond donors (Lipinski definition) is 1. The third kappa shape index (κ3) is 3.32. The number of benzene rings is 3. The Labute approximate surface area is 155 Å². The summed E-state index contributed by atoms with van der Waals surface area (Å²) in [6, 6.07) is 21.0. The predicted octanol–water partition coefficient (Wildman–Crippen LogP) is 5.77. The first kappa shape index (κ1) is 16.4. The quantitative estimate of drug-likeness (QED) is 0.503. The summed E-state index contributed by atoms with van der Waals surface area (Å²) in [5, 5.41) is 3.44. The lowest BCUT2D eigenvalue weighted by atomic mass is 10.0. The molecule has 0 atom stereocenters. The Morgan fingerprint density at radius 2 is 1.58 bits per heavy atom. The molecule has 0 aliphatic carbocycles. The second-order valence-corrected chi connectivity index (χ2v) is 6.40. The maximum atomic E-state index is 11.1. The smallest absolute Gasteiger partial charge is 0.227 e. The van der Waals surface area contributed by atoms with Crippen molar-refractivity contribution in [2.75, 3.05) is 5.32 Å². The number of amides is 1. The molecular weight excluding hydrogens is 348 g/mol. The number of oxazole rings is 1. The van der Waals surface area contributed by atoms with E-state index in [4.69, 9.17) is 16.0 Å². The second kappa shape index (κ2) is 6.65. The van der Waals surface area contributed by atoms with Crippen molar-refractivity contribution in [2.24, 2.45) is 0 Å². The van der Waals surface area contributed by atoms with E-state index in [0.29, 0.717) is 10.9 Å². The summed E-state index contributed by atoms with van der Waals surface area (Å²) in [6.45, 7) is 1.49. The minimum Gasteiger partial charge on any atom is -0.436 e. The normalized spacial score (nSPS) is 10.8. The van der Waals surface area contributed by atoms with E-state index in [2.05, 4.69) is 10.3 Å². The van der Waals surface area contributed by atoms with Crippen LogP contribution in [0.1, 0.15) is 6.92 Å². The first-order valence-corrected chi connectivity index (χ1v) is 8.51. The van der Waals surface area contributed by atoms with Gasteiger partial charge in [0.05, 0.1) is 0 Å². The molecule has 5 heteroatoms. The number of halogens is 1. The van der Waals surface area contributed by atoms with Crippen LogP contribution in [0, 0.1) is 0 Å². The second-order valence-electron chi connectivity index (χ2n) is 5.97. The molecule has 0 bridgehead atoms. The zero-order chi connectivity index (χ0) is 18.1.